The van der Waals surface area contributed by atoms with Crippen LogP contribution in [-0.4, -0.2) is 10.2 Å². The summed E-state index contributed by atoms with van der Waals surface area (Å²) in [5.74, 6) is 0.231. The van der Waals surface area contributed by atoms with Crippen LogP contribution < -0.4 is 0 Å². The highest BCUT2D eigenvalue weighted by Crippen LogP contribution is 2.12. The summed E-state index contributed by atoms with van der Waals surface area (Å²) in [5.41, 5.74) is 0.880. The van der Waals surface area contributed by atoms with Crippen LogP contribution >= 0.6 is 0 Å². The summed E-state index contributed by atoms with van der Waals surface area (Å²) in [7, 11) is 0. The van der Waals surface area contributed by atoms with Gasteiger partial charge in [0.25, 0.3) is 0 Å². The van der Waals surface area contributed by atoms with Crippen molar-refractivity contribution in [1.29, 1.82) is 10.5 Å². The highest BCUT2D eigenvalue weighted by molar-refractivity contribution is 5.41. The van der Waals surface area contributed by atoms with Gasteiger partial charge in [0.1, 0.15) is 17.6 Å². The summed E-state index contributed by atoms with van der Waals surface area (Å²) in [4.78, 5) is 0. The van der Waals surface area contributed by atoms with E-state index in [0.29, 0.717) is 11.1 Å². The summed E-state index contributed by atoms with van der Waals surface area (Å²) >= 11 is 0. The number of phenolic OH excluding ortho intramolecular Hbond substituents is 2. The quantitative estimate of drug-likeness (QED) is 0.738. The molecule has 0 spiro atoms. The van der Waals surface area contributed by atoms with Crippen LogP contribution in [0.3, 0.4) is 0 Å². The molecule has 0 aliphatic carbocycles. The number of nitrogens with zero attached hydrogens (tertiary/aromatic N) is 2. The van der Waals surface area contributed by atoms with Crippen LogP contribution in [0.15, 0.2) is 48.5 Å². The van der Waals surface area contributed by atoms with E-state index in [1.165, 1.54) is 18.2 Å². The molecule has 4 nitrogen and oxygen atoms in total. The Morgan fingerprint density at radius 1 is 0.778 bits per heavy atom. The standard InChI is InChI=1S/2C7H5NO/c8-5-6-1-3-7(9)4-2-6;8-5-6-3-1-2-4-7(6)9/h2*1-4,9H. The van der Waals surface area contributed by atoms with Crippen molar-refractivity contribution in [2.45, 2.75) is 0 Å². The number of phenols is 2. The first-order chi connectivity index (χ1) is 8.67. The molecule has 0 atom stereocenters. The first-order valence-electron chi connectivity index (χ1n) is 5.04. The van der Waals surface area contributed by atoms with Gasteiger partial charge in [-0.2, -0.15) is 10.5 Å². The fourth-order valence-electron chi connectivity index (χ4n) is 1.10. The maximum Gasteiger partial charge on any atom is 0.133 e. The molecule has 2 aromatic carbocycles. The predicted molar refractivity (Wildman–Crippen MR) is 65.6 cm³/mol. The molecule has 0 saturated heterocycles. The van der Waals surface area contributed by atoms with Gasteiger partial charge in [0.15, 0.2) is 0 Å². The summed E-state index contributed by atoms with van der Waals surface area (Å²) in [6.07, 6.45) is 0. The third-order valence-electron chi connectivity index (χ3n) is 2.02. The Balaban J connectivity index is 0.000000180. The SMILES string of the molecule is N#Cc1ccc(O)cc1.N#Cc1ccccc1O. The zero-order chi connectivity index (χ0) is 13.4. The molecule has 18 heavy (non-hydrogen) atoms. The van der Waals surface area contributed by atoms with Gasteiger partial charge >= 0.3 is 0 Å². The zero-order valence-corrected chi connectivity index (χ0v) is 9.41. The van der Waals surface area contributed by atoms with Crippen LogP contribution in [0.2, 0.25) is 0 Å². The largest absolute Gasteiger partial charge is 0.508 e. The summed E-state index contributed by atoms with van der Waals surface area (Å²) in [6.45, 7) is 0. The minimum atomic E-state index is 0.0417. The van der Waals surface area contributed by atoms with Crippen LogP contribution in [0, 0.1) is 22.7 Å². The van der Waals surface area contributed by atoms with Crippen molar-refractivity contribution in [3.8, 4) is 23.6 Å². The molecule has 0 aliphatic heterocycles. The molecule has 0 radical (unpaired) electrons. The molecule has 0 saturated carbocycles. The fourth-order valence-corrected chi connectivity index (χ4v) is 1.10. The molecule has 4 heteroatoms. The molecular formula is C14H10N2O2. The van der Waals surface area contributed by atoms with E-state index in [2.05, 4.69) is 0 Å². The van der Waals surface area contributed by atoms with Gasteiger partial charge in [-0.1, -0.05) is 12.1 Å². The van der Waals surface area contributed by atoms with Crippen molar-refractivity contribution >= 4 is 0 Å². The minimum absolute atomic E-state index is 0.0417. The Morgan fingerprint density at radius 2 is 1.39 bits per heavy atom. The predicted octanol–water partition coefficient (Wildman–Crippen LogP) is 2.53. The molecule has 0 fully saturated rings. The average molecular weight is 238 g/mol. The van der Waals surface area contributed by atoms with Gasteiger partial charge in [-0.05, 0) is 36.4 Å². The first kappa shape index (κ1) is 13.1. The van der Waals surface area contributed by atoms with Crippen molar-refractivity contribution in [1.82, 2.24) is 0 Å². The van der Waals surface area contributed by atoms with E-state index in [1.54, 1.807) is 30.3 Å². The summed E-state index contributed by atoms with van der Waals surface area (Å²) in [5, 5.41) is 34.2. The molecule has 0 aliphatic rings. The van der Waals surface area contributed by atoms with E-state index in [9.17, 15) is 0 Å². The van der Waals surface area contributed by atoms with Gasteiger partial charge < -0.3 is 10.2 Å². The molecule has 0 amide bonds. The second-order valence-corrected chi connectivity index (χ2v) is 3.29. The van der Waals surface area contributed by atoms with E-state index in [-0.39, 0.29) is 11.5 Å². The van der Waals surface area contributed by atoms with E-state index in [4.69, 9.17) is 20.7 Å². The number of hydrogen-bond acceptors (Lipinski definition) is 4. The third kappa shape index (κ3) is 3.88. The molecule has 2 N–H and O–H groups in total. The normalized spacial score (nSPS) is 8.33. The van der Waals surface area contributed by atoms with Crippen molar-refractivity contribution in [2.24, 2.45) is 0 Å². The van der Waals surface area contributed by atoms with Crippen LogP contribution in [0.25, 0.3) is 0 Å². The number of aromatic hydroxyl groups is 2. The minimum Gasteiger partial charge on any atom is -0.508 e. The van der Waals surface area contributed by atoms with Gasteiger partial charge in [-0.25, -0.2) is 0 Å². The lowest BCUT2D eigenvalue weighted by atomic mass is 10.2. The Hall–Kier alpha value is -2.98. The molecule has 0 unspecified atom stereocenters. The van der Waals surface area contributed by atoms with Crippen LogP contribution in [-0.2, 0) is 0 Å². The molecule has 2 aromatic rings. The average Bonchev–Trinajstić information content (AvgIpc) is 2.41. The zero-order valence-electron chi connectivity index (χ0n) is 9.41. The number of nitriles is 2. The molecule has 0 aromatic heterocycles. The van der Waals surface area contributed by atoms with E-state index < -0.39 is 0 Å². The van der Waals surface area contributed by atoms with E-state index in [1.807, 2.05) is 12.1 Å². The van der Waals surface area contributed by atoms with Gasteiger partial charge in [0, 0.05) is 0 Å². The Kier molecular flexibility index (Phi) is 4.78. The number of benzene rings is 2. The van der Waals surface area contributed by atoms with Crippen molar-refractivity contribution < 1.29 is 10.2 Å². The fraction of sp³-hybridized carbons (Fsp3) is 0. The van der Waals surface area contributed by atoms with E-state index in [0.717, 1.165) is 0 Å². The topological polar surface area (TPSA) is 88.0 Å². The second kappa shape index (κ2) is 6.57. The summed E-state index contributed by atoms with van der Waals surface area (Å²) < 4.78 is 0. The van der Waals surface area contributed by atoms with E-state index >= 15 is 0 Å². The van der Waals surface area contributed by atoms with Gasteiger partial charge in [-0.15, -0.1) is 0 Å². The maximum atomic E-state index is 8.89. The smallest absolute Gasteiger partial charge is 0.133 e. The van der Waals surface area contributed by atoms with Crippen LogP contribution in [0.4, 0.5) is 0 Å². The molecule has 0 heterocycles. The maximum absolute atomic E-state index is 8.89. The van der Waals surface area contributed by atoms with Crippen molar-refractivity contribution in [2.75, 3.05) is 0 Å². The van der Waals surface area contributed by atoms with Crippen molar-refractivity contribution in [3.63, 3.8) is 0 Å². The van der Waals surface area contributed by atoms with Gasteiger partial charge in [0.05, 0.1) is 17.2 Å². The molecular weight excluding hydrogens is 228 g/mol. The lowest BCUT2D eigenvalue weighted by Gasteiger charge is -1.89. The Labute approximate surface area is 105 Å². The number of hydrogen-bond donors (Lipinski definition) is 2. The lowest BCUT2D eigenvalue weighted by molar-refractivity contribution is 0.473. The third-order valence-corrected chi connectivity index (χ3v) is 2.02. The monoisotopic (exact) mass is 238 g/mol. The summed E-state index contributed by atoms with van der Waals surface area (Å²) in [6, 6.07) is 16.3. The second-order valence-electron chi connectivity index (χ2n) is 3.29. The highest BCUT2D eigenvalue weighted by atomic mass is 16.3. The van der Waals surface area contributed by atoms with Crippen molar-refractivity contribution in [3.05, 3.63) is 59.7 Å². The van der Waals surface area contributed by atoms with Gasteiger partial charge in [0.2, 0.25) is 0 Å². The number of para-hydroxylation sites is 1. The van der Waals surface area contributed by atoms with Gasteiger partial charge in [-0.3, -0.25) is 0 Å². The Bertz CT molecular complexity index is 592. The molecule has 0 bridgehead atoms. The number of rotatable bonds is 0. The van der Waals surface area contributed by atoms with Crippen LogP contribution in [0.5, 0.6) is 11.5 Å². The van der Waals surface area contributed by atoms with Crippen LogP contribution in [0.1, 0.15) is 11.1 Å². The Morgan fingerprint density at radius 3 is 1.83 bits per heavy atom. The first-order valence-corrected chi connectivity index (χ1v) is 5.04. The molecule has 88 valence electrons. The molecule has 2 rings (SSSR count). The highest BCUT2D eigenvalue weighted by Gasteiger charge is 1.93. The lowest BCUT2D eigenvalue weighted by Crippen LogP contribution is -1.71.